The molecule has 1 saturated carbocycles. The highest BCUT2D eigenvalue weighted by molar-refractivity contribution is 6.04. The van der Waals surface area contributed by atoms with Crippen molar-refractivity contribution < 1.29 is 29.0 Å². The predicted molar refractivity (Wildman–Crippen MR) is 140 cm³/mol. The van der Waals surface area contributed by atoms with Crippen molar-refractivity contribution >= 4 is 29.1 Å². The lowest BCUT2D eigenvalue weighted by atomic mass is 9.88. The molecule has 0 aromatic heterocycles. The second-order valence-corrected chi connectivity index (χ2v) is 10.5. The third kappa shape index (κ3) is 6.25. The zero-order valence-electron chi connectivity index (χ0n) is 22.1. The van der Waals surface area contributed by atoms with Gasteiger partial charge in [0.2, 0.25) is 11.8 Å². The topological polar surface area (TPSA) is 120 Å². The van der Waals surface area contributed by atoms with Gasteiger partial charge in [0.15, 0.2) is 5.60 Å². The van der Waals surface area contributed by atoms with Gasteiger partial charge in [-0.2, -0.15) is 0 Å². The van der Waals surface area contributed by atoms with E-state index in [-0.39, 0.29) is 42.2 Å². The molecule has 0 radical (unpaired) electrons. The van der Waals surface area contributed by atoms with Crippen LogP contribution in [0.15, 0.2) is 18.2 Å². The highest BCUT2D eigenvalue weighted by Crippen LogP contribution is 2.43. The molecule has 2 fully saturated rings. The van der Waals surface area contributed by atoms with Crippen LogP contribution in [0.4, 0.5) is 11.4 Å². The number of aliphatic hydroxyl groups excluding tert-OH is 1. The summed E-state index contributed by atoms with van der Waals surface area (Å²) in [7, 11) is 0. The molecule has 1 aromatic carbocycles. The van der Waals surface area contributed by atoms with Gasteiger partial charge in [-0.05, 0) is 64.7 Å². The molecule has 1 saturated heterocycles. The summed E-state index contributed by atoms with van der Waals surface area (Å²) in [5.41, 5.74) is 0.323. The van der Waals surface area contributed by atoms with Gasteiger partial charge in [-0.15, -0.1) is 0 Å². The van der Waals surface area contributed by atoms with E-state index in [0.29, 0.717) is 63.7 Å². The van der Waals surface area contributed by atoms with Crippen LogP contribution in [0.5, 0.6) is 5.75 Å². The number of ether oxygens (including phenoxy) is 2. The highest BCUT2D eigenvalue weighted by atomic mass is 16.5. The molecule has 1 aromatic rings. The summed E-state index contributed by atoms with van der Waals surface area (Å²) in [6, 6.07) is 5.65. The Morgan fingerprint density at radius 3 is 2.73 bits per heavy atom. The van der Waals surface area contributed by atoms with Gasteiger partial charge < -0.3 is 35.0 Å². The molecule has 0 spiro atoms. The van der Waals surface area contributed by atoms with E-state index in [1.54, 1.807) is 18.7 Å². The van der Waals surface area contributed by atoms with Crippen molar-refractivity contribution in [1.82, 2.24) is 10.6 Å². The average molecular weight is 517 g/mol. The van der Waals surface area contributed by atoms with Crippen molar-refractivity contribution in [3.63, 3.8) is 0 Å². The minimum atomic E-state index is -1.01. The van der Waals surface area contributed by atoms with E-state index in [1.165, 1.54) is 0 Å². The zero-order valence-corrected chi connectivity index (χ0v) is 22.1. The Balaban J connectivity index is 1.52. The number of anilines is 2. The van der Waals surface area contributed by atoms with E-state index in [9.17, 15) is 19.5 Å². The van der Waals surface area contributed by atoms with Crippen molar-refractivity contribution in [1.29, 1.82) is 0 Å². The fourth-order valence-electron chi connectivity index (χ4n) is 5.07. The first-order valence-electron chi connectivity index (χ1n) is 13.4. The number of hydrogen-bond donors (Lipinski definition) is 3. The Labute approximate surface area is 218 Å². The van der Waals surface area contributed by atoms with E-state index in [2.05, 4.69) is 10.6 Å². The molecular formula is C27H40N4O6. The van der Waals surface area contributed by atoms with Gasteiger partial charge in [0.25, 0.3) is 5.91 Å². The normalized spacial score (nSPS) is 22.7. The van der Waals surface area contributed by atoms with Crippen molar-refractivity contribution in [2.75, 3.05) is 55.8 Å². The van der Waals surface area contributed by atoms with Crippen LogP contribution in [-0.2, 0) is 19.1 Å². The second kappa shape index (κ2) is 11.8. The smallest absolute Gasteiger partial charge is 0.270 e. The minimum Gasteiger partial charge on any atom is -0.476 e. The number of carbonyl (C=O) groups excluding carboxylic acids is 3. The third-order valence-corrected chi connectivity index (χ3v) is 7.15. The van der Waals surface area contributed by atoms with Crippen molar-refractivity contribution in [3.8, 4) is 5.75 Å². The summed E-state index contributed by atoms with van der Waals surface area (Å²) in [5, 5.41) is 15.6. The quantitative estimate of drug-likeness (QED) is 0.381. The van der Waals surface area contributed by atoms with E-state index in [0.717, 1.165) is 18.5 Å². The SMILES string of the molecule is CCOCCNC(=O)[C@@H]1CNC[C@H](C(=O)N(c2ccc3c(c2)N(CCCO)C(=O)C(C)(C)O3)C2CC2)C1. The second-order valence-electron chi connectivity index (χ2n) is 10.5. The van der Waals surface area contributed by atoms with Crippen LogP contribution in [0, 0.1) is 11.8 Å². The van der Waals surface area contributed by atoms with Crippen LogP contribution >= 0.6 is 0 Å². The number of nitrogens with zero attached hydrogens (tertiary/aromatic N) is 2. The van der Waals surface area contributed by atoms with Crippen molar-refractivity contribution in [2.24, 2.45) is 11.8 Å². The Kier molecular flexibility index (Phi) is 8.71. The number of hydrogen-bond acceptors (Lipinski definition) is 7. The Hall–Kier alpha value is -2.69. The van der Waals surface area contributed by atoms with Crippen molar-refractivity contribution in [3.05, 3.63) is 18.2 Å². The number of rotatable bonds is 11. The summed E-state index contributed by atoms with van der Waals surface area (Å²) >= 11 is 0. The van der Waals surface area contributed by atoms with E-state index < -0.39 is 5.60 Å². The molecule has 2 atom stereocenters. The number of aliphatic hydroxyl groups is 1. The predicted octanol–water partition coefficient (Wildman–Crippen LogP) is 1.45. The summed E-state index contributed by atoms with van der Waals surface area (Å²) in [5.74, 6) is -0.269. The molecule has 0 unspecified atom stereocenters. The number of benzene rings is 1. The number of piperidine rings is 1. The van der Waals surface area contributed by atoms with Crippen molar-refractivity contribution in [2.45, 2.75) is 58.1 Å². The number of fused-ring (bicyclic) bond motifs is 1. The van der Waals surface area contributed by atoms with Gasteiger partial charge in [0.05, 0.1) is 24.1 Å². The van der Waals surface area contributed by atoms with E-state index in [4.69, 9.17) is 9.47 Å². The average Bonchev–Trinajstić information content (AvgIpc) is 3.72. The van der Waals surface area contributed by atoms with Crippen LogP contribution < -0.4 is 25.2 Å². The highest BCUT2D eigenvalue weighted by Gasteiger charge is 2.43. The molecule has 37 heavy (non-hydrogen) atoms. The molecule has 10 nitrogen and oxygen atoms in total. The molecule has 3 amide bonds. The van der Waals surface area contributed by atoms with Gasteiger partial charge in [-0.25, -0.2) is 0 Å². The Bertz CT molecular complexity index is 995. The number of amides is 3. The molecule has 2 heterocycles. The van der Waals surface area contributed by atoms with Crippen LogP contribution in [0.1, 0.15) is 46.5 Å². The van der Waals surface area contributed by atoms with E-state index in [1.807, 2.05) is 30.0 Å². The molecule has 10 heteroatoms. The lowest BCUT2D eigenvalue weighted by molar-refractivity contribution is -0.132. The first kappa shape index (κ1) is 27.3. The van der Waals surface area contributed by atoms with Gasteiger partial charge in [-0.3, -0.25) is 14.4 Å². The molecule has 3 N–H and O–H groups in total. The van der Waals surface area contributed by atoms with Gasteiger partial charge in [0, 0.05) is 51.1 Å². The summed E-state index contributed by atoms with van der Waals surface area (Å²) in [6.45, 7) is 8.31. The molecule has 1 aliphatic carbocycles. The molecule has 204 valence electrons. The largest absolute Gasteiger partial charge is 0.476 e. The maximum Gasteiger partial charge on any atom is 0.270 e. The molecular weight excluding hydrogens is 476 g/mol. The monoisotopic (exact) mass is 516 g/mol. The fourth-order valence-corrected chi connectivity index (χ4v) is 5.07. The van der Waals surface area contributed by atoms with Crippen LogP contribution in [-0.4, -0.2) is 80.5 Å². The van der Waals surface area contributed by atoms with Crippen LogP contribution in [0.25, 0.3) is 0 Å². The Morgan fingerprint density at radius 1 is 1.27 bits per heavy atom. The van der Waals surface area contributed by atoms with Gasteiger partial charge in [-0.1, -0.05) is 0 Å². The Morgan fingerprint density at radius 2 is 2.03 bits per heavy atom. The maximum atomic E-state index is 13.8. The molecule has 3 aliphatic rings. The lowest BCUT2D eigenvalue weighted by Crippen LogP contribution is -2.53. The first-order chi connectivity index (χ1) is 17.8. The fraction of sp³-hybridized carbons (Fsp3) is 0.667. The van der Waals surface area contributed by atoms with Gasteiger partial charge in [0.1, 0.15) is 5.75 Å². The van der Waals surface area contributed by atoms with Crippen LogP contribution in [0.2, 0.25) is 0 Å². The summed E-state index contributed by atoms with van der Waals surface area (Å²) < 4.78 is 11.3. The molecule has 2 aliphatic heterocycles. The third-order valence-electron chi connectivity index (χ3n) is 7.15. The van der Waals surface area contributed by atoms with Crippen LogP contribution in [0.3, 0.4) is 0 Å². The summed E-state index contributed by atoms with van der Waals surface area (Å²) in [6.07, 6.45) is 2.76. The standard InChI is InChI=1S/C27H40N4O6/c1-4-36-13-10-29-24(33)18-14-19(17-28-16-18)25(34)31(20-6-7-20)21-8-9-23-22(15-21)30(11-5-12-32)26(35)27(2,3)37-23/h8-9,15,18-20,28,32H,4-7,10-14,16-17H2,1-3H3,(H,29,33)/t18-,19+/m0/s1. The summed E-state index contributed by atoms with van der Waals surface area (Å²) in [4.78, 5) is 43.1. The molecule has 4 rings (SSSR count). The molecule has 0 bridgehead atoms. The lowest BCUT2D eigenvalue weighted by Gasteiger charge is -2.39. The minimum absolute atomic E-state index is 0.00735. The van der Waals surface area contributed by atoms with Gasteiger partial charge >= 0.3 is 0 Å². The van der Waals surface area contributed by atoms with E-state index >= 15 is 0 Å². The first-order valence-corrected chi connectivity index (χ1v) is 13.4. The maximum absolute atomic E-state index is 13.8. The number of carbonyl (C=O) groups is 3. The number of nitrogens with one attached hydrogen (secondary N) is 2. The zero-order chi connectivity index (χ0) is 26.6.